The third-order valence-electron chi connectivity index (χ3n) is 15.0. The number of amides is 1. The first-order chi connectivity index (χ1) is 35.0. The van der Waals surface area contributed by atoms with E-state index in [1.165, 1.54) is 283 Å². The topological polar surface area (TPSA) is 95.9 Å². The Morgan fingerprint density at radius 2 is 0.676 bits per heavy atom. The highest BCUT2D eigenvalue weighted by molar-refractivity contribution is 5.76. The number of ether oxygens (including phenoxy) is 1. The van der Waals surface area contributed by atoms with E-state index in [0.29, 0.717) is 19.4 Å². The van der Waals surface area contributed by atoms with Gasteiger partial charge in [-0.1, -0.05) is 314 Å². The second-order valence-electron chi connectivity index (χ2n) is 22.1. The molecule has 0 fully saturated rings. The Hall–Kier alpha value is -1.66. The van der Waals surface area contributed by atoms with Crippen molar-refractivity contribution in [2.45, 2.75) is 366 Å². The van der Waals surface area contributed by atoms with Crippen LogP contribution in [0, 0.1) is 0 Å². The number of carbonyl (C=O) groups excluding carboxylic acids is 2. The first kappa shape index (κ1) is 69.3. The van der Waals surface area contributed by atoms with Crippen LogP contribution < -0.4 is 5.32 Å². The minimum atomic E-state index is -0.849. The number of rotatable bonds is 60. The van der Waals surface area contributed by atoms with Gasteiger partial charge in [-0.05, 0) is 51.4 Å². The summed E-state index contributed by atoms with van der Waals surface area (Å²) in [6.07, 6.45) is 75.1. The lowest BCUT2D eigenvalue weighted by Crippen LogP contribution is -2.45. The molecule has 0 spiro atoms. The van der Waals surface area contributed by atoms with E-state index in [1.54, 1.807) is 6.08 Å². The average molecular weight is 1000 g/mol. The molecule has 1 amide bonds. The molecule has 0 saturated carbocycles. The molecule has 0 aliphatic rings. The van der Waals surface area contributed by atoms with E-state index in [9.17, 15) is 19.8 Å². The van der Waals surface area contributed by atoms with Crippen LogP contribution >= 0.6 is 0 Å². The molecule has 0 heterocycles. The average Bonchev–Trinajstić information content (AvgIpc) is 3.37. The van der Waals surface area contributed by atoms with Crippen molar-refractivity contribution < 1.29 is 24.5 Å². The minimum absolute atomic E-state index is 0.00396. The Bertz CT molecular complexity index is 1110. The zero-order chi connectivity index (χ0) is 51.4. The lowest BCUT2D eigenvalue weighted by Gasteiger charge is -2.20. The van der Waals surface area contributed by atoms with Crippen molar-refractivity contribution in [3.63, 3.8) is 0 Å². The van der Waals surface area contributed by atoms with Crippen molar-refractivity contribution in [2.24, 2.45) is 0 Å². The molecule has 3 N–H and O–H groups in total. The van der Waals surface area contributed by atoms with Crippen LogP contribution in [0.15, 0.2) is 24.3 Å². The molecule has 2 atom stereocenters. The zero-order valence-electron chi connectivity index (χ0n) is 48.0. The minimum Gasteiger partial charge on any atom is -0.466 e. The Balaban J connectivity index is 3.44. The molecule has 0 aliphatic heterocycles. The van der Waals surface area contributed by atoms with Crippen molar-refractivity contribution in [2.75, 3.05) is 13.2 Å². The molecule has 71 heavy (non-hydrogen) atoms. The van der Waals surface area contributed by atoms with Gasteiger partial charge in [-0.15, -0.1) is 0 Å². The molecule has 0 saturated heterocycles. The fourth-order valence-electron chi connectivity index (χ4n) is 10.0. The maximum atomic E-state index is 12.5. The van der Waals surface area contributed by atoms with Crippen LogP contribution in [0.4, 0.5) is 0 Å². The summed E-state index contributed by atoms with van der Waals surface area (Å²) in [6, 6.07) is -0.632. The number of hydrogen-bond donors (Lipinski definition) is 3. The summed E-state index contributed by atoms with van der Waals surface area (Å²) >= 11 is 0. The van der Waals surface area contributed by atoms with E-state index in [4.69, 9.17) is 4.74 Å². The van der Waals surface area contributed by atoms with E-state index in [-0.39, 0.29) is 18.5 Å². The highest BCUT2D eigenvalue weighted by Gasteiger charge is 2.18. The predicted molar refractivity (Wildman–Crippen MR) is 310 cm³/mol. The summed E-state index contributed by atoms with van der Waals surface area (Å²) in [7, 11) is 0. The Labute approximate surface area is 443 Å². The summed E-state index contributed by atoms with van der Waals surface area (Å²) in [6.45, 7) is 4.88. The number of aliphatic hydroxyl groups is 2. The number of esters is 1. The number of allylic oxidation sites excluding steroid dienone is 3. The van der Waals surface area contributed by atoms with Gasteiger partial charge in [-0.3, -0.25) is 9.59 Å². The van der Waals surface area contributed by atoms with E-state index in [2.05, 4.69) is 31.3 Å². The number of aliphatic hydroxyl groups excluding tert-OH is 2. The molecule has 6 heteroatoms. The van der Waals surface area contributed by atoms with Crippen LogP contribution in [0.1, 0.15) is 354 Å². The number of nitrogens with one attached hydrogen (secondary N) is 1. The summed E-state index contributed by atoms with van der Waals surface area (Å²) in [5.41, 5.74) is 0. The van der Waals surface area contributed by atoms with E-state index < -0.39 is 12.1 Å². The highest BCUT2D eigenvalue weighted by Crippen LogP contribution is 2.18. The Morgan fingerprint density at radius 3 is 1.04 bits per heavy atom. The lowest BCUT2D eigenvalue weighted by atomic mass is 10.0. The van der Waals surface area contributed by atoms with Crippen LogP contribution in [-0.4, -0.2) is 47.4 Å². The van der Waals surface area contributed by atoms with Crippen LogP contribution in [-0.2, 0) is 14.3 Å². The summed E-state index contributed by atoms with van der Waals surface area (Å²) < 4.78 is 5.46. The van der Waals surface area contributed by atoms with Crippen LogP contribution in [0.3, 0.4) is 0 Å². The largest absolute Gasteiger partial charge is 0.466 e. The summed E-state index contributed by atoms with van der Waals surface area (Å²) in [5.74, 6) is -0.0723. The zero-order valence-corrected chi connectivity index (χ0v) is 48.0. The third-order valence-corrected chi connectivity index (χ3v) is 15.0. The fraction of sp³-hybridized carbons (Fsp3) is 0.908. The first-order valence-corrected chi connectivity index (χ1v) is 32.1. The molecule has 0 aromatic carbocycles. The van der Waals surface area contributed by atoms with Crippen molar-refractivity contribution in [3.8, 4) is 0 Å². The van der Waals surface area contributed by atoms with Crippen molar-refractivity contribution in [1.82, 2.24) is 5.32 Å². The monoisotopic (exact) mass is 1000 g/mol. The fourth-order valence-corrected chi connectivity index (χ4v) is 10.0. The number of hydrogen-bond acceptors (Lipinski definition) is 5. The first-order valence-electron chi connectivity index (χ1n) is 32.1. The van der Waals surface area contributed by atoms with E-state index in [1.807, 2.05) is 6.08 Å². The van der Waals surface area contributed by atoms with Gasteiger partial charge in [0.15, 0.2) is 0 Å². The van der Waals surface area contributed by atoms with Crippen LogP contribution in [0.2, 0.25) is 0 Å². The molecule has 0 aromatic heterocycles. The van der Waals surface area contributed by atoms with Crippen LogP contribution in [0.25, 0.3) is 0 Å². The van der Waals surface area contributed by atoms with E-state index in [0.717, 1.165) is 44.9 Å². The summed E-state index contributed by atoms with van der Waals surface area (Å²) in [5, 5.41) is 23.2. The highest BCUT2D eigenvalue weighted by atomic mass is 16.5. The molecule has 6 nitrogen and oxygen atoms in total. The molecule has 0 rings (SSSR count). The SMILES string of the molecule is CCCC/C=C\CCCCCCCC(=O)OCCCCCCCCCCCCCCCCCCCCC(=O)NC(CO)C(O)/C=C/CCCCCCCCCCCCCCCCCCCCCCCCC. The van der Waals surface area contributed by atoms with Gasteiger partial charge in [0.2, 0.25) is 5.91 Å². The lowest BCUT2D eigenvalue weighted by molar-refractivity contribution is -0.143. The second-order valence-corrected chi connectivity index (χ2v) is 22.1. The van der Waals surface area contributed by atoms with Gasteiger partial charge in [-0.2, -0.15) is 0 Å². The Kier molecular flexibility index (Phi) is 59.5. The molecule has 0 radical (unpaired) electrons. The molecular formula is C65H125NO5. The molecule has 2 unspecified atom stereocenters. The summed E-state index contributed by atoms with van der Waals surface area (Å²) in [4.78, 5) is 24.5. The van der Waals surface area contributed by atoms with E-state index >= 15 is 0 Å². The van der Waals surface area contributed by atoms with Crippen molar-refractivity contribution >= 4 is 11.9 Å². The third kappa shape index (κ3) is 57.5. The van der Waals surface area contributed by atoms with Gasteiger partial charge in [-0.25, -0.2) is 0 Å². The Morgan fingerprint density at radius 1 is 0.380 bits per heavy atom. The van der Waals surface area contributed by atoms with Crippen LogP contribution in [0.5, 0.6) is 0 Å². The quantitative estimate of drug-likeness (QED) is 0.0320. The normalized spacial score (nSPS) is 12.7. The molecule has 0 aliphatic carbocycles. The van der Waals surface area contributed by atoms with Gasteiger partial charge in [0.1, 0.15) is 0 Å². The maximum absolute atomic E-state index is 12.5. The standard InChI is InChI=1S/C65H125NO5/c1-3-5-7-9-11-13-15-16-17-18-19-20-21-22-23-24-25-28-31-34-38-41-45-49-53-57-63(68)62(61-67)66-64(69)58-54-50-46-42-39-35-32-29-26-27-30-33-36-40-44-48-52-56-60-71-65(70)59-55-51-47-43-37-14-12-10-8-6-4-2/h10,12,53,57,62-63,67-68H,3-9,11,13-52,54-56,58-61H2,1-2H3,(H,66,69)/b12-10-,57-53+. The second kappa shape index (κ2) is 60.9. The van der Waals surface area contributed by atoms with Gasteiger partial charge in [0.25, 0.3) is 0 Å². The predicted octanol–water partition coefficient (Wildman–Crippen LogP) is 20.2. The molecule has 0 aromatic rings. The van der Waals surface area contributed by atoms with Crippen molar-refractivity contribution in [3.05, 3.63) is 24.3 Å². The van der Waals surface area contributed by atoms with Gasteiger partial charge in [0, 0.05) is 12.8 Å². The molecule has 420 valence electrons. The maximum Gasteiger partial charge on any atom is 0.305 e. The molecular weight excluding hydrogens is 875 g/mol. The number of carbonyl (C=O) groups is 2. The smallest absolute Gasteiger partial charge is 0.305 e. The van der Waals surface area contributed by atoms with Gasteiger partial charge in [0.05, 0.1) is 25.4 Å². The number of unbranched alkanes of at least 4 members (excludes halogenated alkanes) is 47. The van der Waals surface area contributed by atoms with Gasteiger partial charge < -0.3 is 20.3 Å². The molecule has 0 bridgehead atoms. The van der Waals surface area contributed by atoms with Crippen molar-refractivity contribution in [1.29, 1.82) is 0 Å². The van der Waals surface area contributed by atoms with Gasteiger partial charge >= 0.3 is 5.97 Å².